The van der Waals surface area contributed by atoms with E-state index in [-0.39, 0.29) is 5.43 Å². The SMILES string of the molecule is CCc1c(NCCNC)c(=S)c1=O. The molecule has 0 atom stereocenters. The third-order valence-corrected chi connectivity index (χ3v) is 2.43. The van der Waals surface area contributed by atoms with E-state index < -0.39 is 0 Å². The van der Waals surface area contributed by atoms with Gasteiger partial charge in [0.1, 0.15) is 4.51 Å². The summed E-state index contributed by atoms with van der Waals surface area (Å²) in [6.07, 6.45) is 0.765. The van der Waals surface area contributed by atoms with Crippen LogP contribution in [0.25, 0.3) is 0 Å². The minimum Gasteiger partial charge on any atom is -0.382 e. The molecule has 0 saturated carbocycles. The summed E-state index contributed by atoms with van der Waals surface area (Å²) in [5.41, 5.74) is 1.78. The zero-order chi connectivity index (χ0) is 9.84. The monoisotopic (exact) mass is 198 g/mol. The van der Waals surface area contributed by atoms with Gasteiger partial charge in [-0.1, -0.05) is 19.1 Å². The van der Waals surface area contributed by atoms with Crippen molar-refractivity contribution in [2.24, 2.45) is 0 Å². The fourth-order valence-electron chi connectivity index (χ4n) is 1.28. The second-order valence-electron chi connectivity index (χ2n) is 2.90. The lowest BCUT2D eigenvalue weighted by Crippen LogP contribution is -2.24. The average Bonchev–Trinajstić information content (AvgIpc) is 2.16. The van der Waals surface area contributed by atoms with E-state index in [2.05, 4.69) is 10.6 Å². The van der Waals surface area contributed by atoms with Gasteiger partial charge in [0.15, 0.2) is 0 Å². The minimum atomic E-state index is 0.0458. The zero-order valence-electron chi connectivity index (χ0n) is 7.94. The Labute approximate surface area is 82.9 Å². The molecule has 72 valence electrons. The zero-order valence-corrected chi connectivity index (χ0v) is 8.75. The molecule has 2 N–H and O–H groups in total. The van der Waals surface area contributed by atoms with Gasteiger partial charge in [-0.05, 0) is 13.5 Å². The first-order valence-electron chi connectivity index (χ1n) is 4.43. The van der Waals surface area contributed by atoms with E-state index in [4.69, 9.17) is 12.2 Å². The number of hydrogen-bond donors (Lipinski definition) is 2. The first-order valence-corrected chi connectivity index (χ1v) is 4.83. The highest BCUT2D eigenvalue weighted by atomic mass is 32.1. The molecule has 0 aliphatic rings. The summed E-state index contributed by atoms with van der Waals surface area (Å²) >= 11 is 4.93. The molecular formula is C9H14N2OS. The summed E-state index contributed by atoms with van der Waals surface area (Å²) in [6.45, 7) is 3.65. The standard InChI is InChI=1S/C9H14N2OS/c1-3-6-7(9(13)8(6)12)11-5-4-10-2/h10-11H,3-5H2,1-2H3. The fraction of sp³-hybridized carbons (Fsp3) is 0.556. The van der Waals surface area contributed by atoms with Crippen molar-refractivity contribution < 1.29 is 0 Å². The van der Waals surface area contributed by atoms with E-state index in [0.717, 1.165) is 30.8 Å². The lowest BCUT2D eigenvalue weighted by atomic mass is 10.1. The smallest absolute Gasteiger partial charge is 0.204 e. The van der Waals surface area contributed by atoms with Gasteiger partial charge in [0, 0.05) is 18.7 Å². The molecule has 0 spiro atoms. The van der Waals surface area contributed by atoms with Gasteiger partial charge in [0.2, 0.25) is 5.43 Å². The summed E-state index contributed by atoms with van der Waals surface area (Å²) in [5.74, 6) is 0. The summed E-state index contributed by atoms with van der Waals surface area (Å²) in [4.78, 5) is 11.2. The van der Waals surface area contributed by atoms with Crippen LogP contribution < -0.4 is 16.1 Å². The third kappa shape index (κ3) is 1.95. The maximum atomic E-state index is 11.2. The molecule has 0 radical (unpaired) electrons. The van der Waals surface area contributed by atoms with E-state index in [1.807, 2.05) is 14.0 Å². The topological polar surface area (TPSA) is 41.1 Å². The van der Waals surface area contributed by atoms with Gasteiger partial charge in [-0.15, -0.1) is 0 Å². The van der Waals surface area contributed by atoms with Crippen molar-refractivity contribution >= 4 is 17.9 Å². The van der Waals surface area contributed by atoms with Crippen molar-refractivity contribution in [2.75, 3.05) is 25.5 Å². The van der Waals surface area contributed by atoms with Crippen LogP contribution in [0.4, 0.5) is 5.69 Å². The average molecular weight is 198 g/mol. The highest BCUT2D eigenvalue weighted by molar-refractivity contribution is 7.71. The number of anilines is 1. The van der Waals surface area contributed by atoms with Crippen LogP contribution in [0.2, 0.25) is 0 Å². The summed E-state index contributed by atoms with van der Waals surface area (Å²) < 4.78 is 0.466. The second kappa shape index (κ2) is 4.48. The molecule has 0 aliphatic heterocycles. The first kappa shape index (κ1) is 10.3. The number of likely N-dealkylation sites (N-methyl/N-ethyl adjacent to an activating group) is 1. The van der Waals surface area contributed by atoms with E-state index >= 15 is 0 Å². The Balaban J connectivity index is 2.62. The Hall–Kier alpha value is -0.740. The van der Waals surface area contributed by atoms with Gasteiger partial charge in [-0.2, -0.15) is 0 Å². The Morgan fingerprint density at radius 1 is 1.38 bits per heavy atom. The molecule has 1 rings (SSSR count). The Bertz CT molecular complexity index is 352. The van der Waals surface area contributed by atoms with Crippen LogP contribution in [0.1, 0.15) is 12.5 Å². The van der Waals surface area contributed by atoms with E-state index in [1.54, 1.807) is 0 Å². The molecule has 0 saturated heterocycles. The predicted molar refractivity (Wildman–Crippen MR) is 57.7 cm³/mol. The van der Waals surface area contributed by atoms with Crippen LogP contribution in [-0.4, -0.2) is 20.1 Å². The molecule has 0 unspecified atom stereocenters. The highest BCUT2D eigenvalue weighted by Gasteiger charge is 2.14. The van der Waals surface area contributed by atoms with Crippen LogP contribution in [-0.2, 0) is 6.42 Å². The molecule has 0 aliphatic carbocycles. The van der Waals surface area contributed by atoms with E-state index in [0.29, 0.717) is 4.51 Å². The van der Waals surface area contributed by atoms with Crippen LogP contribution in [0.3, 0.4) is 0 Å². The minimum absolute atomic E-state index is 0.0458. The Kier molecular flexibility index (Phi) is 3.57. The van der Waals surface area contributed by atoms with Crippen molar-refractivity contribution in [1.29, 1.82) is 0 Å². The van der Waals surface area contributed by atoms with E-state index in [9.17, 15) is 4.79 Å². The molecule has 1 aromatic carbocycles. The van der Waals surface area contributed by atoms with Crippen molar-refractivity contribution in [3.63, 3.8) is 0 Å². The van der Waals surface area contributed by atoms with Gasteiger partial charge < -0.3 is 10.6 Å². The number of hydrogen-bond acceptors (Lipinski definition) is 4. The first-order chi connectivity index (χ1) is 6.22. The van der Waals surface area contributed by atoms with Crippen molar-refractivity contribution in [1.82, 2.24) is 5.32 Å². The number of rotatable bonds is 5. The lowest BCUT2D eigenvalue weighted by molar-refractivity contribution is 0.821. The highest BCUT2D eigenvalue weighted by Crippen LogP contribution is 2.16. The largest absolute Gasteiger partial charge is 0.382 e. The summed E-state index contributed by atoms with van der Waals surface area (Å²) in [7, 11) is 1.89. The van der Waals surface area contributed by atoms with Gasteiger partial charge >= 0.3 is 0 Å². The molecular weight excluding hydrogens is 184 g/mol. The maximum absolute atomic E-state index is 11.2. The predicted octanol–water partition coefficient (Wildman–Crippen LogP) is 0.846. The van der Waals surface area contributed by atoms with Gasteiger partial charge in [-0.3, -0.25) is 4.79 Å². The van der Waals surface area contributed by atoms with Gasteiger partial charge in [0.05, 0.1) is 5.69 Å². The molecule has 0 fully saturated rings. The van der Waals surface area contributed by atoms with Crippen LogP contribution >= 0.6 is 12.2 Å². The summed E-state index contributed by atoms with van der Waals surface area (Å²) in [5, 5.41) is 6.17. The maximum Gasteiger partial charge on any atom is 0.204 e. The van der Waals surface area contributed by atoms with Crippen LogP contribution in [0, 0.1) is 4.51 Å². The Morgan fingerprint density at radius 3 is 2.62 bits per heavy atom. The number of nitrogens with one attached hydrogen (secondary N) is 2. The van der Waals surface area contributed by atoms with Crippen molar-refractivity contribution in [2.45, 2.75) is 13.3 Å². The van der Waals surface area contributed by atoms with Crippen LogP contribution in [0.5, 0.6) is 0 Å². The molecule has 13 heavy (non-hydrogen) atoms. The van der Waals surface area contributed by atoms with Gasteiger partial charge in [0.25, 0.3) is 0 Å². The quantitative estimate of drug-likeness (QED) is 0.543. The normalized spacial score (nSPS) is 10.6. The second-order valence-corrected chi connectivity index (χ2v) is 3.30. The van der Waals surface area contributed by atoms with Crippen molar-refractivity contribution in [3.05, 3.63) is 20.3 Å². The van der Waals surface area contributed by atoms with E-state index in [1.165, 1.54) is 0 Å². The summed E-state index contributed by atoms with van der Waals surface area (Å²) in [6, 6.07) is 0. The van der Waals surface area contributed by atoms with Gasteiger partial charge in [-0.25, -0.2) is 0 Å². The lowest BCUT2D eigenvalue weighted by Gasteiger charge is -2.12. The molecule has 3 nitrogen and oxygen atoms in total. The Morgan fingerprint density at radius 2 is 2.08 bits per heavy atom. The van der Waals surface area contributed by atoms with Crippen LogP contribution in [0.15, 0.2) is 4.79 Å². The third-order valence-electron chi connectivity index (χ3n) is 2.04. The molecule has 0 aromatic heterocycles. The molecule has 0 heterocycles. The molecule has 1 aromatic rings. The molecule has 0 amide bonds. The molecule has 0 bridgehead atoms. The molecule has 4 heteroatoms. The fourth-order valence-corrected chi connectivity index (χ4v) is 1.59. The van der Waals surface area contributed by atoms with Crippen molar-refractivity contribution in [3.8, 4) is 0 Å².